The van der Waals surface area contributed by atoms with Gasteiger partial charge in [-0.1, -0.05) is 12.1 Å². The molecule has 0 spiro atoms. The Hall–Kier alpha value is -3.54. The number of oxazole rings is 1. The molecule has 4 rings (SSSR count). The van der Waals surface area contributed by atoms with Gasteiger partial charge >= 0.3 is 0 Å². The van der Waals surface area contributed by atoms with Crippen LogP contribution in [0.4, 0.5) is 10.1 Å². The van der Waals surface area contributed by atoms with Crippen LogP contribution in [-0.2, 0) is 0 Å². The smallest absolute Gasteiger partial charge is 0.255 e. The van der Waals surface area contributed by atoms with Crippen LogP contribution in [0.1, 0.15) is 15.9 Å². The van der Waals surface area contributed by atoms with Gasteiger partial charge in [0.1, 0.15) is 5.82 Å². The number of rotatable bonds is 3. The topological polar surface area (TPSA) is 68.0 Å². The lowest BCUT2D eigenvalue weighted by Crippen LogP contribution is -2.13. The summed E-state index contributed by atoms with van der Waals surface area (Å²) < 4.78 is 18.9. The molecule has 6 heteroatoms. The monoisotopic (exact) mass is 347 g/mol. The fraction of sp³-hybridized carbons (Fsp3) is 0.0500. The number of fused-ring (bicyclic) bond motifs is 1. The molecule has 0 aliphatic rings. The molecule has 26 heavy (non-hydrogen) atoms. The minimum Gasteiger partial charge on any atom is -0.434 e. The number of nitrogens with zero attached hydrogens (tertiary/aromatic N) is 2. The molecule has 4 aromatic rings. The molecule has 0 bridgehead atoms. The highest BCUT2D eigenvalue weighted by Gasteiger charge is 2.17. The zero-order chi connectivity index (χ0) is 18.1. The van der Waals surface area contributed by atoms with E-state index in [1.54, 1.807) is 24.4 Å². The number of halogens is 1. The molecule has 2 heterocycles. The number of aryl methyl sites for hydroxylation is 1. The summed E-state index contributed by atoms with van der Waals surface area (Å²) >= 11 is 0. The first-order chi connectivity index (χ1) is 12.6. The Morgan fingerprint density at radius 3 is 2.65 bits per heavy atom. The number of aromatic nitrogens is 2. The molecule has 0 fully saturated rings. The van der Waals surface area contributed by atoms with Crippen molar-refractivity contribution in [2.24, 2.45) is 0 Å². The van der Waals surface area contributed by atoms with Crippen LogP contribution >= 0.6 is 0 Å². The maximum Gasteiger partial charge on any atom is 0.255 e. The van der Waals surface area contributed by atoms with Crippen molar-refractivity contribution in [3.05, 3.63) is 77.7 Å². The molecule has 2 aromatic heterocycles. The number of benzene rings is 2. The van der Waals surface area contributed by atoms with Crippen molar-refractivity contribution in [3.8, 4) is 11.5 Å². The molecular weight excluding hydrogens is 333 g/mol. The SMILES string of the molecule is Cc1cccc(NC(=O)c2ccc(F)cc2)c1-c1nc2ncccc2o1. The van der Waals surface area contributed by atoms with Crippen molar-refractivity contribution in [3.63, 3.8) is 0 Å². The van der Waals surface area contributed by atoms with Gasteiger partial charge in [0.2, 0.25) is 5.89 Å². The Morgan fingerprint density at radius 1 is 1.08 bits per heavy atom. The van der Waals surface area contributed by atoms with Gasteiger partial charge in [-0.3, -0.25) is 4.79 Å². The van der Waals surface area contributed by atoms with E-state index < -0.39 is 5.82 Å². The molecule has 0 unspecified atom stereocenters. The minimum absolute atomic E-state index is 0.342. The predicted molar refractivity (Wildman–Crippen MR) is 96.3 cm³/mol. The van der Waals surface area contributed by atoms with Gasteiger partial charge in [-0.05, 0) is 55.0 Å². The van der Waals surface area contributed by atoms with Crippen LogP contribution in [0.5, 0.6) is 0 Å². The number of carbonyl (C=O) groups is 1. The van der Waals surface area contributed by atoms with Crippen molar-refractivity contribution in [1.82, 2.24) is 9.97 Å². The number of amides is 1. The van der Waals surface area contributed by atoms with E-state index in [2.05, 4.69) is 15.3 Å². The van der Waals surface area contributed by atoms with Gasteiger partial charge in [0.05, 0.1) is 11.3 Å². The normalized spacial score (nSPS) is 10.8. The van der Waals surface area contributed by atoms with Crippen LogP contribution in [-0.4, -0.2) is 15.9 Å². The van der Waals surface area contributed by atoms with Gasteiger partial charge < -0.3 is 9.73 Å². The highest BCUT2D eigenvalue weighted by molar-refractivity contribution is 6.06. The van der Waals surface area contributed by atoms with Gasteiger partial charge in [0.15, 0.2) is 11.2 Å². The lowest BCUT2D eigenvalue weighted by molar-refractivity contribution is 0.102. The minimum atomic E-state index is -0.392. The summed E-state index contributed by atoms with van der Waals surface area (Å²) in [6.07, 6.45) is 1.64. The lowest BCUT2D eigenvalue weighted by atomic mass is 10.1. The summed E-state index contributed by atoms with van der Waals surface area (Å²) in [5.74, 6) is -0.353. The molecule has 0 radical (unpaired) electrons. The Bertz CT molecular complexity index is 1070. The highest BCUT2D eigenvalue weighted by Crippen LogP contribution is 2.32. The largest absolute Gasteiger partial charge is 0.434 e. The van der Waals surface area contributed by atoms with E-state index in [-0.39, 0.29) is 5.91 Å². The van der Waals surface area contributed by atoms with Gasteiger partial charge in [-0.15, -0.1) is 0 Å². The van der Waals surface area contributed by atoms with Crippen molar-refractivity contribution >= 4 is 22.8 Å². The Balaban J connectivity index is 1.74. The summed E-state index contributed by atoms with van der Waals surface area (Å²) in [6.45, 7) is 1.91. The van der Waals surface area contributed by atoms with Gasteiger partial charge in [0.25, 0.3) is 5.91 Å². The van der Waals surface area contributed by atoms with Crippen LogP contribution in [0, 0.1) is 12.7 Å². The van der Waals surface area contributed by atoms with E-state index in [0.29, 0.717) is 33.9 Å². The second-order valence-electron chi connectivity index (χ2n) is 5.80. The van der Waals surface area contributed by atoms with Crippen molar-refractivity contribution < 1.29 is 13.6 Å². The fourth-order valence-electron chi connectivity index (χ4n) is 2.73. The number of carbonyl (C=O) groups excluding carboxylic acids is 1. The van der Waals surface area contributed by atoms with Crippen LogP contribution in [0.2, 0.25) is 0 Å². The van der Waals surface area contributed by atoms with E-state index in [4.69, 9.17) is 4.42 Å². The third-order valence-corrected chi connectivity index (χ3v) is 4.01. The summed E-state index contributed by atoms with van der Waals surface area (Å²) in [4.78, 5) is 21.1. The average molecular weight is 347 g/mol. The van der Waals surface area contributed by atoms with E-state index in [1.165, 1.54) is 24.3 Å². The first-order valence-electron chi connectivity index (χ1n) is 8.00. The van der Waals surface area contributed by atoms with Gasteiger partial charge in [-0.25, -0.2) is 9.37 Å². The van der Waals surface area contributed by atoms with E-state index in [1.807, 2.05) is 19.1 Å². The molecule has 0 aliphatic heterocycles. The molecule has 1 amide bonds. The van der Waals surface area contributed by atoms with Crippen LogP contribution in [0.25, 0.3) is 22.7 Å². The molecular formula is C20H14FN3O2. The van der Waals surface area contributed by atoms with E-state index >= 15 is 0 Å². The summed E-state index contributed by atoms with van der Waals surface area (Å²) in [6, 6.07) is 14.4. The lowest BCUT2D eigenvalue weighted by Gasteiger charge is -2.11. The molecule has 0 aliphatic carbocycles. The Labute approximate surface area is 148 Å². The number of anilines is 1. The number of hydrogen-bond donors (Lipinski definition) is 1. The molecule has 0 atom stereocenters. The zero-order valence-corrected chi connectivity index (χ0v) is 13.9. The van der Waals surface area contributed by atoms with Gasteiger partial charge in [-0.2, -0.15) is 4.98 Å². The second-order valence-corrected chi connectivity index (χ2v) is 5.80. The molecule has 5 nitrogen and oxygen atoms in total. The number of hydrogen-bond acceptors (Lipinski definition) is 4. The van der Waals surface area contributed by atoms with Crippen LogP contribution in [0.3, 0.4) is 0 Å². The Morgan fingerprint density at radius 2 is 1.88 bits per heavy atom. The maximum atomic E-state index is 13.1. The predicted octanol–water partition coefficient (Wildman–Crippen LogP) is 4.59. The second kappa shape index (κ2) is 6.40. The first-order valence-corrected chi connectivity index (χ1v) is 8.00. The average Bonchev–Trinajstić information content (AvgIpc) is 3.06. The standard InChI is InChI=1S/C20H14FN3O2/c1-12-4-2-5-15(23-19(25)13-7-9-14(21)10-8-13)17(12)20-24-18-16(26-20)6-3-11-22-18/h2-11H,1H3,(H,23,25). The van der Waals surface area contributed by atoms with Crippen molar-refractivity contribution in [2.45, 2.75) is 6.92 Å². The van der Waals surface area contributed by atoms with Gasteiger partial charge in [0, 0.05) is 11.8 Å². The van der Waals surface area contributed by atoms with Crippen molar-refractivity contribution in [2.75, 3.05) is 5.32 Å². The summed E-state index contributed by atoms with van der Waals surface area (Å²) in [5.41, 5.74) is 3.57. The molecule has 1 N–H and O–H groups in total. The molecule has 2 aromatic carbocycles. The Kier molecular flexibility index (Phi) is 3.93. The molecule has 0 saturated heterocycles. The summed E-state index contributed by atoms with van der Waals surface area (Å²) in [7, 11) is 0. The quantitative estimate of drug-likeness (QED) is 0.588. The number of nitrogens with one attached hydrogen (secondary N) is 1. The van der Waals surface area contributed by atoms with Crippen molar-refractivity contribution in [1.29, 1.82) is 0 Å². The molecule has 128 valence electrons. The zero-order valence-electron chi connectivity index (χ0n) is 13.9. The van der Waals surface area contributed by atoms with E-state index in [0.717, 1.165) is 5.56 Å². The third kappa shape index (κ3) is 2.93. The molecule has 0 saturated carbocycles. The first kappa shape index (κ1) is 16.0. The maximum absolute atomic E-state index is 13.1. The fourth-order valence-corrected chi connectivity index (χ4v) is 2.73. The van der Waals surface area contributed by atoms with Crippen LogP contribution in [0.15, 0.2) is 65.2 Å². The van der Waals surface area contributed by atoms with Crippen LogP contribution < -0.4 is 5.32 Å². The third-order valence-electron chi connectivity index (χ3n) is 4.01. The summed E-state index contributed by atoms with van der Waals surface area (Å²) in [5, 5.41) is 2.85. The highest BCUT2D eigenvalue weighted by atomic mass is 19.1. The number of pyridine rings is 1. The van der Waals surface area contributed by atoms with E-state index in [9.17, 15) is 9.18 Å².